The first kappa shape index (κ1) is 41.0. The number of carbonyl (C=O) groups excluding carboxylic acids is 1. The molecule has 1 saturated carbocycles. The molecule has 0 bridgehead atoms. The van der Waals surface area contributed by atoms with Crippen LogP contribution >= 0.6 is 11.6 Å². The Morgan fingerprint density at radius 2 is 1.81 bits per heavy atom. The molecule has 3 heterocycles. The summed E-state index contributed by atoms with van der Waals surface area (Å²) in [5.74, 6) is 1.16. The van der Waals surface area contributed by atoms with Gasteiger partial charge in [0.2, 0.25) is 10.0 Å². The van der Waals surface area contributed by atoms with Gasteiger partial charge in [0.1, 0.15) is 17.1 Å². The molecule has 0 saturated heterocycles. The number of allylic oxidation sites excluding steroid dienone is 1. The van der Waals surface area contributed by atoms with E-state index in [0.29, 0.717) is 26.0 Å². The average Bonchev–Trinajstić information content (AvgIpc) is 3.31. The summed E-state index contributed by atoms with van der Waals surface area (Å²) < 4.78 is 38.6. The highest BCUT2D eigenvalue weighted by Gasteiger charge is 2.35. The van der Waals surface area contributed by atoms with E-state index in [1.54, 1.807) is 24.5 Å². The standard InChI is InChI=1S/C46H54ClN5O4S/c1-5-56-30-39(24-31(2)3)52(57(54,55)41-18-12-34(13-19-41)28-51-32(4)50-43-27-48-23-21-44(43)51)29-40(53)25-33-8-6-9-35(14-11-33)45-42-20-17-38(47)26-37(42)16-15-36-10-7-22-49-46(36)45/h7,10,12-13,17-23,26-27,31,33,39H,5-6,8-9,11,14-16,24-25,28-30H2,1-4H3/b45-35-/t33?,39-/m0/s1. The van der Waals surface area contributed by atoms with E-state index < -0.39 is 16.1 Å². The number of nitrogens with zero attached hydrogens (tertiary/aromatic N) is 5. The van der Waals surface area contributed by atoms with E-state index in [1.165, 1.54) is 32.1 Å². The number of fused-ring (bicyclic) bond motifs is 3. The third-order valence-electron chi connectivity index (χ3n) is 11.6. The number of ether oxygens (including phenoxy) is 1. The smallest absolute Gasteiger partial charge is 0.243 e. The van der Waals surface area contributed by atoms with E-state index in [4.69, 9.17) is 21.3 Å². The molecule has 2 aliphatic carbocycles. The largest absolute Gasteiger partial charge is 0.380 e. The first-order valence-electron chi connectivity index (χ1n) is 20.4. The summed E-state index contributed by atoms with van der Waals surface area (Å²) in [6, 6.07) is 18.9. The van der Waals surface area contributed by atoms with Crippen LogP contribution in [0, 0.1) is 18.8 Å². The van der Waals surface area contributed by atoms with Crippen molar-refractivity contribution in [1.82, 2.24) is 23.8 Å². The zero-order chi connectivity index (χ0) is 40.1. The molecule has 11 heteroatoms. The molecule has 1 fully saturated rings. The fraction of sp³-hybridized carbons (Fsp3) is 0.435. The lowest BCUT2D eigenvalue weighted by molar-refractivity contribution is -0.120. The van der Waals surface area contributed by atoms with Crippen molar-refractivity contribution in [1.29, 1.82) is 0 Å². The van der Waals surface area contributed by atoms with Gasteiger partial charge in [0.15, 0.2) is 0 Å². The highest BCUT2D eigenvalue weighted by Crippen LogP contribution is 2.41. The van der Waals surface area contributed by atoms with E-state index in [-0.39, 0.29) is 35.7 Å². The van der Waals surface area contributed by atoms with Crippen molar-refractivity contribution in [2.75, 3.05) is 19.8 Å². The molecule has 0 amide bonds. The number of sulfonamides is 1. The Hall–Kier alpha value is -4.22. The Labute approximate surface area is 342 Å². The predicted octanol–water partition coefficient (Wildman–Crippen LogP) is 9.42. The lowest BCUT2D eigenvalue weighted by atomic mass is 9.89. The van der Waals surface area contributed by atoms with Crippen LogP contribution in [0.5, 0.6) is 0 Å². The maximum atomic E-state index is 14.6. The maximum absolute atomic E-state index is 14.6. The van der Waals surface area contributed by atoms with Gasteiger partial charge in [-0.25, -0.2) is 13.4 Å². The molecular weight excluding hydrogens is 754 g/mol. The van der Waals surface area contributed by atoms with Crippen molar-refractivity contribution in [3.8, 4) is 0 Å². The number of hydrogen-bond acceptors (Lipinski definition) is 7. The Morgan fingerprint density at radius 1 is 1.00 bits per heavy atom. The van der Waals surface area contributed by atoms with Gasteiger partial charge < -0.3 is 9.30 Å². The molecule has 1 unspecified atom stereocenters. The van der Waals surface area contributed by atoms with Crippen molar-refractivity contribution in [3.63, 3.8) is 0 Å². The van der Waals surface area contributed by atoms with E-state index in [9.17, 15) is 13.2 Å². The summed E-state index contributed by atoms with van der Waals surface area (Å²) in [6.45, 7) is 9.05. The zero-order valence-corrected chi connectivity index (χ0v) is 35.2. The molecule has 0 N–H and O–H groups in total. The maximum Gasteiger partial charge on any atom is 0.243 e. The van der Waals surface area contributed by atoms with Crippen LogP contribution < -0.4 is 0 Å². The van der Waals surface area contributed by atoms with Gasteiger partial charge in [0.05, 0.1) is 35.5 Å². The van der Waals surface area contributed by atoms with Gasteiger partial charge >= 0.3 is 0 Å². The number of halogens is 1. The van der Waals surface area contributed by atoms with Gasteiger partial charge in [0.25, 0.3) is 0 Å². The minimum absolute atomic E-state index is 0.0556. The van der Waals surface area contributed by atoms with Gasteiger partial charge in [-0.2, -0.15) is 4.31 Å². The number of pyridine rings is 2. The second kappa shape index (κ2) is 18.1. The molecule has 5 aromatic rings. The highest BCUT2D eigenvalue weighted by molar-refractivity contribution is 7.89. The molecule has 9 nitrogen and oxygen atoms in total. The predicted molar refractivity (Wildman–Crippen MR) is 227 cm³/mol. The van der Waals surface area contributed by atoms with Gasteiger partial charge in [-0.05, 0) is 136 Å². The Bertz CT molecular complexity index is 2350. The molecule has 57 heavy (non-hydrogen) atoms. The first-order chi connectivity index (χ1) is 27.5. The van der Waals surface area contributed by atoms with Gasteiger partial charge in [-0.15, -0.1) is 0 Å². The zero-order valence-electron chi connectivity index (χ0n) is 33.6. The average molecular weight is 808 g/mol. The van der Waals surface area contributed by atoms with E-state index in [0.717, 1.165) is 78.1 Å². The molecule has 7 rings (SSSR count). The third kappa shape index (κ3) is 9.41. The molecule has 0 spiro atoms. The van der Waals surface area contributed by atoms with Crippen molar-refractivity contribution < 1.29 is 17.9 Å². The fourth-order valence-electron chi connectivity index (χ4n) is 8.76. The van der Waals surface area contributed by atoms with Crippen molar-refractivity contribution in [2.45, 2.75) is 103 Å². The molecule has 2 aliphatic rings. The molecule has 2 aromatic carbocycles. The number of carbonyl (C=O) groups is 1. The Kier molecular flexibility index (Phi) is 13.0. The molecular formula is C46H54ClN5O4S. The Morgan fingerprint density at radius 3 is 2.60 bits per heavy atom. The number of imidazole rings is 1. The van der Waals surface area contributed by atoms with Crippen molar-refractivity contribution >= 4 is 44.0 Å². The summed E-state index contributed by atoms with van der Waals surface area (Å²) in [5, 5.41) is 0.744. The fourth-order valence-corrected chi connectivity index (χ4v) is 10.6. The van der Waals surface area contributed by atoms with Gasteiger partial charge in [-0.1, -0.05) is 55.3 Å². The summed E-state index contributed by atoms with van der Waals surface area (Å²) in [4.78, 5) is 28.0. The molecule has 2 atom stereocenters. The first-order valence-corrected chi connectivity index (χ1v) is 22.3. The number of Topliss-reactive ketones (excluding diaryl/α,β-unsaturated/α-hetero) is 1. The van der Waals surface area contributed by atoms with Crippen molar-refractivity contribution in [3.05, 3.63) is 124 Å². The highest BCUT2D eigenvalue weighted by atomic mass is 35.5. The Balaban J connectivity index is 1.11. The molecule has 0 aliphatic heterocycles. The summed E-state index contributed by atoms with van der Waals surface area (Å²) in [5.41, 5.74) is 10.1. The normalized spacial score (nSPS) is 18.0. The van der Waals surface area contributed by atoms with Crippen LogP contribution in [0.25, 0.3) is 16.6 Å². The van der Waals surface area contributed by atoms with Gasteiger partial charge in [-0.3, -0.25) is 14.8 Å². The minimum atomic E-state index is -4.05. The molecule has 300 valence electrons. The number of benzene rings is 2. The lowest BCUT2D eigenvalue weighted by Gasteiger charge is -2.32. The van der Waals surface area contributed by atoms with Crippen LogP contribution in [0.3, 0.4) is 0 Å². The van der Waals surface area contributed by atoms with Gasteiger partial charge in [0, 0.05) is 48.6 Å². The SMILES string of the molecule is CCOC[C@H](CC(C)C)N(CC(=O)CC1CCC/C(=C2\c3ccc(Cl)cc3CCc3cccnc32)CC1)S(=O)(=O)c1ccc(Cn2c(C)nc3cnccc32)cc1. The second-order valence-electron chi connectivity index (χ2n) is 16.1. The topological polar surface area (TPSA) is 107 Å². The quantitative estimate of drug-likeness (QED) is 0.103. The van der Waals surface area contributed by atoms with Crippen LogP contribution in [0.4, 0.5) is 0 Å². The van der Waals surface area contributed by atoms with Crippen LogP contribution in [0.15, 0.2) is 89.7 Å². The minimum Gasteiger partial charge on any atom is -0.380 e. The number of rotatable bonds is 14. The number of ketones is 1. The van der Waals surface area contributed by atoms with Crippen LogP contribution in [-0.2, 0) is 38.9 Å². The number of hydrogen-bond donors (Lipinski definition) is 0. The van der Waals surface area contributed by atoms with E-state index >= 15 is 0 Å². The monoisotopic (exact) mass is 807 g/mol. The molecule has 3 aromatic heterocycles. The summed E-state index contributed by atoms with van der Waals surface area (Å²) >= 11 is 6.47. The van der Waals surface area contributed by atoms with E-state index in [1.807, 2.05) is 50.4 Å². The molecule has 0 radical (unpaired) electrons. The number of aromatic nitrogens is 4. The van der Waals surface area contributed by atoms with Crippen LogP contribution in [0.2, 0.25) is 5.02 Å². The lowest BCUT2D eigenvalue weighted by Crippen LogP contribution is -2.46. The third-order valence-corrected chi connectivity index (χ3v) is 13.7. The van der Waals surface area contributed by atoms with E-state index in [2.05, 4.69) is 46.6 Å². The number of aryl methyl sites for hydroxylation is 3. The van der Waals surface area contributed by atoms with Crippen LogP contribution in [-0.4, -0.2) is 63.8 Å². The summed E-state index contributed by atoms with van der Waals surface area (Å²) in [6.07, 6.45) is 12.7. The summed E-state index contributed by atoms with van der Waals surface area (Å²) in [7, 11) is -4.05. The second-order valence-corrected chi connectivity index (χ2v) is 18.4. The van der Waals surface area contributed by atoms with Crippen molar-refractivity contribution in [2.24, 2.45) is 11.8 Å². The van der Waals surface area contributed by atoms with Crippen LogP contribution in [0.1, 0.15) is 99.5 Å².